The van der Waals surface area contributed by atoms with Crippen molar-refractivity contribution in [3.05, 3.63) is 33.8 Å². The maximum atomic E-state index is 12.4. The van der Waals surface area contributed by atoms with Gasteiger partial charge in [0.15, 0.2) is 5.92 Å². The van der Waals surface area contributed by atoms with Crippen LogP contribution >= 0.6 is 23.2 Å². The van der Waals surface area contributed by atoms with Gasteiger partial charge in [-0.25, -0.2) is 0 Å². The van der Waals surface area contributed by atoms with Crippen molar-refractivity contribution in [3.63, 3.8) is 0 Å². The zero-order chi connectivity index (χ0) is 11.6. The molecule has 1 nitrogen and oxygen atoms in total. The topological polar surface area (TPSA) is 23.8 Å². The molecule has 0 radical (unpaired) electrons. The van der Waals surface area contributed by atoms with E-state index in [0.717, 1.165) is 6.07 Å². The molecule has 0 saturated carbocycles. The average molecular weight is 254 g/mol. The Kier molecular flexibility index (Phi) is 3.48. The van der Waals surface area contributed by atoms with E-state index in [-0.39, 0.29) is 15.6 Å². The highest BCUT2D eigenvalue weighted by atomic mass is 35.5. The van der Waals surface area contributed by atoms with Gasteiger partial charge in [-0.3, -0.25) is 0 Å². The van der Waals surface area contributed by atoms with Gasteiger partial charge in [-0.05, 0) is 17.7 Å². The maximum absolute atomic E-state index is 12.4. The van der Waals surface area contributed by atoms with Gasteiger partial charge >= 0.3 is 6.18 Å². The lowest BCUT2D eigenvalue weighted by Crippen LogP contribution is -2.19. The minimum atomic E-state index is -4.63. The summed E-state index contributed by atoms with van der Waals surface area (Å²) in [6.45, 7) is 0. The van der Waals surface area contributed by atoms with Crippen molar-refractivity contribution in [2.75, 3.05) is 0 Å². The standard InChI is InChI=1S/C9H4Cl2F3N/c10-5-1-2-6(8(11)3-5)7(4-15)9(12,13)14/h1-3,7H. The number of benzene rings is 1. The van der Waals surface area contributed by atoms with Crippen LogP contribution in [0.3, 0.4) is 0 Å². The molecule has 0 aliphatic heterocycles. The summed E-state index contributed by atoms with van der Waals surface area (Å²) in [5.74, 6) is -2.22. The monoisotopic (exact) mass is 253 g/mol. The Morgan fingerprint density at radius 3 is 2.27 bits per heavy atom. The van der Waals surface area contributed by atoms with Crippen LogP contribution in [0.2, 0.25) is 10.0 Å². The van der Waals surface area contributed by atoms with E-state index < -0.39 is 12.1 Å². The highest BCUT2D eigenvalue weighted by Crippen LogP contribution is 2.38. The molecule has 15 heavy (non-hydrogen) atoms. The molecule has 1 atom stereocenters. The van der Waals surface area contributed by atoms with E-state index in [9.17, 15) is 13.2 Å². The van der Waals surface area contributed by atoms with Gasteiger partial charge in [0.05, 0.1) is 6.07 Å². The first-order chi connectivity index (χ1) is 6.86. The largest absolute Gasteiger partial charge is 0.408 e. The third kappa shape index (κ3) is 2.77. The molecule has 0 aromatic heterocycles. The first-order valence-electron chi connectivity index (χ1n) is 3.77. The molecular formula is C9H4Cl2F3N. The number of alkyl halides is 3. The fourth-order valence-corrected chi connectivity index (χ4v) is 1.57. The van der Waals surface area contributed by atoms with Gasteiger partial charge in [0, 0.05) is 10.0 Å². The number of hydrogen-bond acceptors (Lipinski definition) is 1. The summed E-state index contributed by atoms with van der Waals surface area (Å²) in [5.41, 5.74) is -0.281. The molecule has 1 aromatic rings. The average Bonchev–Trinajstić information content (AvgIpc) is 2.07. The van der Waals surface area contributed by atoms with E-state index in [1.807, 2.05) is 0 Å². The predicted molar refractivity (Wildman–Crippen MR) is 50.9 cm³/mol. The zero-order valence-electron chi connectivity index (χ0n) is 7.15. The third-order valence-corrected chi connectivity index (χ3v) is 2.29. The molecule has 6 heteroatoms. The Bertz CT molecular complexity index is 409. The first-order valence-corrected chi connectivity index (χ1v) is 4.53. The molecule has 1 rings (SSSR count). The minimum Gasteiger partial charge on any atom is -0.197 e. The van der Waals surface area contributed by atoms with Gasteiger partial charge in [0.25, 0.3) is 0 Å². The van der Waals surface area contributed by atoms with Crippen LogP contribution in [0.5, 0.6) is 0 Å². The highest BCUT2D eigenvalue weighted by molar-refractivity contribution is 6.35. The zero-order valence-corrected chi connectivity index (χ0v) is 8.66. The van der Waals surface area contributed by atoms with Gasteiger partial charge in [0.1, 0.15) is 0 Å². The summed E-state index contributed by atoms with van der Waals surface area (Å²) in [4.78, 5) is 0. The van der Waals surface area contributed by atoms with Crippen LogP contribution in [0, 0.1) is 11.3 Å². The Balaban J connectivity index is 3.21. The van der Waals surface area contributed by atoms with Gasteiger partial charge < -0.3 is 0 Å². The Morgan fingerprint density at radius 2 is 1.87 bits per heavy atom. The van der Waals surface area contributed by atoms with Gasteiger partial charge in [-0.1, -0.05) is 29.3 Å². The Hall–Kier alpha value is -0.920. The van der Waals surface area contributed by atoms with Crippen molar-refractivity contribution in [2.45, 2.75) is 12.1 Å². The summed E-state index contributed by atoms with van der Waals surface area (Å²) in [6, 6.07) is 4.71. The fourth-order valence-electron chi connectivity index (χ4n) is 1.05. The molecule has 1 aromatic carbocycles. The lowest BCUT2D eigenvalue weighted by atomic mass is 10.0. The van der Waals surface area contributed by atoms with Crippen LogP contribution in [-0.2, 0) is 0 Å². The van der Waals surface area contributed by atoms with Gasteiger partial charge in [-0.2, -0.15) is 18.4 Å². The lowest BCUT2D eigenvalue weighted by Gasteiger charge is -2.14. The Labute approximate surface area is 94.0 Å². The summed E-state index contributed by atoms with van der Waals surface area (Å²) < 4.78 is 37.1. The van der Waals surface area contributed by atoms with Crippen LogP contribution in [0.25, 0.3) is 0 Å². The highest BCUT2D eigenvalue weighted by Gasteiger charge is 2.42. The molecule has 0 saturated heterocycles. The van der Waals surface area contributed by atoms with E-state index in [1.165, 1.54) is 18.2 Å². The van der Waals surface area contributed by atoms with Crippen LogP contribution < -0.4 is 0 Å². The van der Waals surface area contributed by atoms with Gasteiger partial charge in [0.2, 0.25) is 0 Å². The van der Waals surface area contributed by atoms with Gasteiger partial charge in [-0.15, -0.1) is 0 Å². The van der Waals surface area contributed by atoms with Crippen molar-refractivity contribution in [2.24, 2.45) is 0 Å². The molecule has 80 valence electrons. The molecule has 0 fully saturated rings. The van der Waals surface area contributed by atoms with Crippen LogP contribution in [0.1, 0.15) is 11.5 Å². The molecule has 1 unspecified atom stereocenters. The normalized spacial score (nSPS) is 13.3. The van der Waals surface area contributed by atoms with Crippen molar-refractivity contribution in [3.8, 4) is 6.07 Å². The first kappa shape index (κ1) is 12.2. The van der Waals surface area contributed by atoms with E-state index in [0.29, 0.717) is 0 Å². The van der Waals surface area contributed by atoms with Crippen molar-refractivity contribution >= 4 is 23.2 Å². The Morgan fingerprint density at radius 1 is 1.27 bits per heavy atom. The summed E-state index contributed by atoms with van der Waals surface area (Å²) in [5, 5.41) is 8.51. The molecule has 0 heterocycles. The van der Waals surface area contributed by atoms with E-state index in [4.69, 9.17) is 28.5 Å². The van der Waals surface area contributed by atoms with Crippen molar-refractivity contribution < 1.29 is 13.2 Å². The SMILES string of the molecule is N#CC(c1ccc(Cl)cc1Cl)C(F)(F)F. The van der Waals surface area contributed by atoms with E-state index >= 15 is 0 Å². The number of nitriles is 1. The molecule has 0 bridgehead atoms. The molecule has 0 N–H and O–H groups in total. The number of hydrogen-bond donors (Lipinski definition) is 0. The third-order valence-electron chi connectivity index (χ3n) is 1.73. The fraction of sp³-hybridized carbons (Fsp3) is 0.222. The molecule has 0 amide bonds. The second-order valence-electron chi connectivity index (χ2n) is 2.77. The summed E-state index contributed by atoms with van der Waals surface area (Å²) in [7, 11) is 0. The minimum absolute atomic E-state index is 0.161. The number of halogens is 5. The summed E-state index contributed by atoms with van der Waals surface area (Å²) in [6.07, 6.45) is -4.63. The second kappa shape index (κ2) is 4.30. The smallest absolute Gasteiger partial charge is 0.197 e. The molecular weight excluding hydrogens is 250 g/mol. The maximum Gasteiger partial charge on any atom is 0.408 e. The summed E-state index contributed by atoms with van der Waals surface area (Å²) >= 11 is 11.1. The molecule has 0 aliphatic carbocycles. The van der Waals surface area contributed by atoms with E-state index in [2.05, 4.69) is 0 Å². The lowest BCUT2D eigenvalue weighted by molar-refractivity contribution is -0.137. The van der Waals surface area contributed by atoms with Crippen molar-refractivity contribution in [1.29, 1.82) is 5.26 Å². The predicted octanol–water partition coefficient (Wildman–Crippen LogP) is 4.16. The van der Waals surface area contributed by atoms with E-state index in [1.54, 1.807) is 0 Å². The quantitative estimate of drug-likeness (QED) is 0.737. The number of rotatable bonds is 1. The van der Waals surface area contributed by atoms with Crippen LogP contribution in [-0.4, -0.2) is 6.18 Å². The molecule has 0 aliphatic rings. The van der Waals surface area contributed by atoms with Crippen molar-refractivity contribution in [1.82, 2.24) is 0 Å². The van der Waals surface area contributed by atoms with Crippen LogP contribution in [0.4, 0.5) is 13.2 Å². The van der Waals surface area contributed by atoms with Crippen LogP contribution in [0.15, 0.2) is 18.2 Å². The molecule has 0 spiro atoms. The second-order valence-corrected chi connectivity index (χ2v) is 3.61. The number of nitrogens with zero attached hydrogens (tertiary/aromatic N) is 1.